The van der Waals surface area contributed by atoms with Crippen LogP contribution in [-0.2, 0) is 6.54 Å². The fourth-order valence-electron chi connectivity index (χ4n) is 2.78. The second-order valence-electron chi connectivity index (χ2n) is 6.48. The monoisotopic (exact) mass is 276 g/mol. The van der Waals surface area contributed by atoms with E-state index in [0.29, 0.717) is 12.1 Å². The third kappa shape index (κ3) is 4.48. The van der Waals surface area contributed by atoms with Crippen LogP contribution < -0.4 is 10.1 Å². The van der Waals surface area contributed by atoms with Crippen molar-refractivity contribution in [2.24, 2.45) is 5.92 Å². The Labute approximate surface area is 123 Å². The lowest BCUT2D eigenvalue weighted by Gasteiger charge is -2.28. The molecule has 0 spiro atoms. The summed E-state index contributed by atoms with van der Waals surface area (Å²) in [6.07, 6.45) is 7.32. The molecule has 1 aliphatic carbocycles. The number of nitrogens with zero attached hydrogens (tertiary/aromatic N) is 1. The molecule has 1 N–H and O–H groups in total. The Morgan fingerprint density at radius 3 is 2.90 bits per heavy atom. The Morgan fingerprint density at radius 2 is 2.20 bits per heavy atom. The van der Waals surface area contributed by atoms with E-state index < -0.39 is 0 Å². The molecule has 1 aromatic heterocycles. The molecule has 0 aliphatic heterocycles. The first-order chi connectivity index (χ1) is 9.54. The largest absolute Gasteiger partial charge is 0.490 e. The van der Waals surface area contributed by atoms with Gasteiger partial charge in [0, 0.05) is 36.1 Å². The van der Waals surface area contributed by atoms with Crippen LogP contribution in [0.15, 0.2) is 12.3 Å². The molecule has 1 aromatic rings. The van der Waals surface area contributed by atoms with Gasteiger partial charge in [-0.1, -0.05) is 27.2 Å². The lowest BCUT2D eigenvalue weighted by Crippen LogP contribution is -2.26. The van der Waals surface area contributed by atoms with Crippen molar-refractivity contribution in [1.29, 1.82) is 0 Å². The summed E-state index contributed by atoms with van der Waals surface area (Å²) in [7, 11) is 0. The van der Waals surface area contributed by atoms with E-state index in [9.17, 15) is 0 Å². The number of ether oxygens (including phenoxy) is 1. The molecule has 0 bridgehead atoms. The summed E-state index contributed by atoms with van der Waals surface area (Å²) >= 11 is 0. The first-order valence-electron chi connectivity index (χ1n) is 7.90. The summed E-state index contributed by atoms with van der Waals surface area (Å²) < 4.78 is 6.29. The third-order valence-electron chi connectivity index (χ3n) is 3.96. The Hall–Kier alpha value is -1.09. The molecule has 0 aromatic carbocycles. The fraction of sp³-hybridized carbons (Fsp3) is 0.706. The third-order valence-corrected chi connectivity index (χ3v) is 3.96. The summed E-state index contributed by atoms with van der Waals surface area (Å²) in [5.41, 5.74) is 2.19. The molecule has 1 saturated carbocycles. The van der Waals surface area contributed by atoms with E-state index in [4.69, 9.17) is 4.74 Å². The van der Waals surface area contributed by atoms with Gasteiger partial charge in [-0.3, -0.25) is 4.98 Å². The lowest BCUT2D eigenvalue weighted by molar-refractivity contribution is 0.127. The second-order valence-corrected chi connectivity index (χ2v) is 6.48. The standard InChI is InChI=1S/C17H28N2O/c1-12(2)18-10-15-11-19-14(4)9-17(15)20-16-7-5-6-13(3)8-16/h9,11-13,16,18H,5-8,10H2,1-4H3. The van der Waals surface area contributed by atoms with E-state index in [2.05, 4.69) is 37.1 Å². The molecule has 1 fully saturated rings. The highest BCUT2D eigenvalue weighted by atomic mass is 16.5. The zero-order valence-corrected chi connectivity index (χ0v) is 13.3. The van der Waals surface area contributed by atoms with Crippen LogP contribution >= 0.6 is 0 Å². The highest BCUT2D eigenvalue weighted by Gasteiger charge is 2.21. The molecule has 0 amide bonds. The summed E-state index contributed by atoms with van der Waals surface area (Å²) in [6, 6.07) is 2.55. The van der Waals surface area contributed by atoms with Crippen LogP contribution in [0.1, 0.15) is 57.7 Å². The summed E-state index contributed by atoms with van der Waals surface area (Å²) in [6.45, 7) is 9.49. The number of pyridine rings is 1. The number of hydrogen-bond acceptors (Lipinski definition) is 3. The van der Waals surface area contributed by atoms with Gasteiger partial charge >= 0.3 is 0 Å². The van der Waals surface area contributed by atoms with E-state index in [1.807, 2.05) is 13.1 Å². The van der Waals surface area contributed by atoms with Gasteiger partial charge in [-0.2, -0.15) is 0 Å². The van der Waals surface area contributed by atoms with E-state index in [0.717, 1.165) is 23.9 Å². The summed E-state index contributed by atoms with van der Waals surface area (Å²) in [5, 5.41) is 3.45. The molecule has 2 atom stereocenters. The topological polar surface area (TPSA) is 34.1 Å². The number of nitrogens with one attached hydrogen (secondary N) is 1. The minimum absolute atomic E-state index is 0.373. The van der Waals surface area contributed by atoms with Gasteiger partial charge in [0.05, 0.1) is 6.10 Å². The Morgan fingerprint density at radius 1 is 1.40 bits per heavy atom. The zero-order chi connectivity index (χ0) is 14.5. The van der Waals surface area contributed by atoms with Crippen molar-refractivity contribution >= 4 is 0 Å². The average molecular weight is 276 g/mol. The van der Waals surface area contributed by atoms with Gasteiger partial charge in [-0.05, 0) is 32.1 Å². The van der Waals surface area contributed by atoms with Crippen molar-refractivity contribution in [3.8, 4) is 5.75 Å². The maximum absolute atomic E-state index is 6.29. The van der Waals surface area contributed by atoms with Crippen LogP contribution in [0.2, 0.25) is 0 Å². The van der Waals surface area contributed by atoms with Crippen molar-refractivity contribution in [1.82, 2.24) is 10.3 Å². The molecular weight excluding hydrogens is 248 g/mol. The molecule has 0 radical (unpaired) electrons. The van der Waals surface area contributed by atoms with Crippen LogP contribution in [-0.4, -0.2) is 17.1 Å². The quantitative estimate of drug-likeness (QED) is 0.887. The molecule has 1 heterocycles. The molecule has 20 heavy (non-hydrogen) atoms. The van der Waals surface area contributed by atoms with Crippen molar-refractivity contribution in [2.45, 2.75) is 72.1 Å². The minimum atomic E-state index is 0.373. The minimum Gasteiger partial charge on any atom is -0.490 e. The van der Waals surface area contributed by atoms with Crippen LogP contribution in [0.25, 0.3) is 0 Å². The predicted octanol–water partition coefficient (Wildman–Crippen LogP) is 3.85. The number of rotatable bonds is 5. The van der Waals surface area contributed by atoms with Crippen molar-refractivity contribution in [3.63, 3.8) is 0 Å². The van der Waals surface area contributed by atoms with Gasteiger partial charge in [-0.25, -0.2) is 0 Å². The fourth-order valence-corrected chi connectivity index (χ4v) is 2.78. The van der Waals surface area contributed by atoms with Crippen molar-refractivity contribution in [3.05, 3.63) is 23.5 Å². The van der Waals surface area contributed by atoms with Gasteiger partial charge in [0.15, 0.2) is 0 Å². The maximum Gasteiger partial charge on any atom is 0.127 e. The summed E-state index contributed by atoms with van der Waals surface area (Å²) in [4.78, 5) is 4.41. The highest BCUT2D eigenvalue weighted by molar-refractivity contribution is 5.33. The molecule has 1 aliphatic rings. The Balaban J connectivity index is 2.06. The van der Waals surface area contributed by atoms with Crippen LogP contribution in [0.5, 0.6) is 5.75 Å². The zero-order valence-electron chi connectivity index (χ0n) is 13.3. The Kier molecular flexibility index (Phi) is 5.41. The van der Waals surface area contributed by atoms with Gasteiger partial charge < -0.3 is 10.1 Å². The van der Waals surface area contributed by atoms with Gasteiger partial charge in [0.2, 0.25) is 0 Å². The SMILES string of the molecule is Cc1cc(OC2CCCC(C)C2)c(CNC(C)C)cn1. The number of aryl methyl sites for hydroxylation is 1. The van der Waals surface area contributed by atoms with E-state index >= 15 is 0 Å². The van der Waals surface area contributed by atoms with E-state index in [1.165, 1.54) is 31.2 Å². The molecule has 0 saturated heterocycles. The van der Waals surface area contributed by atoms with Crippen molar-refractivity contribution in [2.75, 3.05) is 0 Å². The van der Waals surface area contributed by atoms with E-state index in [-0.39, 0.29) is 0 Å². The van der Waals surface area contributed by atoms with Crippen LogP contribution in [0, 0.1) is 12.8 Å². The van der Waals surface area contributed by atoms with Crippen LogP contribution in [0.3, 0.4) is 0 Å². The first kappa shape index (κ1) is 15.3. The van der Waals surface area contributed by atoms with Gasteiger partial charge in [-0.15, -0.1) is 0 Å². The summed E-state index contributed by atoms with van der Waals surface area (Å²) in [5.74, 6) is 1.80. The highest BCUT2D eigenvalue weighted by Crippen LogP contribution is 2.29. The van der Waals surface area contributed by atoms with Crippen molar-refractivity contribution < 1.29 is 4.74 Å². The van der Waals surface area contributed by atoms with E-state index in [1.54, 1.807) is 0 Å². The second kappa shape index (κ2) is 7.07. The molecule has 112 valence electrons. The van der Waals surface area contributed by atoms with Gasteiger partial charge in [0.25, 0.3) is 0 Å². The maximum atomic E-state index is 6.29. The van der Waals surface area contributed by atoms with Crippen LogP contribution in [0.4, 0.5) is 0 Å². The molecule has 3 heteroatoms. The smallest absolute Gasteiger partial charge is 0.127 e. The number of aromatic nitrogens is 1. The predicted molar refractivity (Wildman–Crippen MR) is 83.0 cm³/mol. The molecule has 3 nitrogen and oxygen atoms in total. The average Bonchev–Trinajstić information content (AvgIpc) is 2.37. The molecular formula is C17H28N2O. The first-order valence-corrected chi connectivity index (χ1v) is 7.90. The Bertz CT molecular complexity index is 431. The number of hydrogen-bond donors (Lipinski definition) is 1. The lowest BCUT2D eigenvalue weighted by atomic mass is 9.88. The van der Waals surface area contributed by atoms with Gasteiger partial charge in [0.1, 0.15) is 5.75 Å². The normalized spacial score (nSPS) is 23.1. The molecule has 2 unspecified atom stereocenters. The molecule has 2 rings (SSSR count).